The number of hydrogen-bond donors (Lipinski definition) is 1. The molecule has 1 saturated heterocycles. The lowest BCUT2D eigenvalue weighted by molar-refractivity contribution is 0.0916. The van der Waals surface area contributed by atoms with Crippen LogP contribution in [-0.2, 0) is 0 Å². The Morgan fingerprint density at radius 1 is 1.32 bits per heavy atom. The largest absolute Gasteiger partial charge is 0.444 e. The number of piperidine rings is 1. The van der Waals surface area contributed by atoms with E-state index < -0.39 is 0 Å². The maximum atomic E-state index is 11.9. The van der Waals surface area contributed by atoms with Crippen LogP contribution in [0.3, 0.4) is 0 Å². The molecule has 0 aliphatic carbocycles. The van der Waals surface area contributed by atoms with Gasteiger partial charge >= 0.3 is 0 Å². The second-order valence-corrected chi connectivity index (χ2v) is 6.21. The fourth-order valence-electron chi connectivity index (χ4n) is 2.67. The number of nitrogens with zero attached hydrogens (tertiary/aromatic N) is 2. The van der Waals surface area contributed by atoms with Gasteiger partial charge in [0.15, 0.2) is 10.4 Å². The molecule has 1 amide bonds. The Kier molecular flexibility index (Phi) is 4.77. The van der Waals surface area contributed by atoms with Gasteiger partial charge in [-0.25, -0.2) is 4.98 Å². The number of carbonyl (C=O) groups excluding carboxylic acids is 1. The zero-order valence-electron chi connectivity index (χ0n) is 12.2. The number of nitrogens with one attached hydrogen (secondary N) is 1. The highest BCUT2D eigenvalue weighted by Gasteiger charge is 2.21. The lowest BCUT2D eigenvalue weighted by Gasteiger charge is -2.32. The predicted octanol–water partition coefficient (Wildman–Crippen LogP) is 3.08. The standard InChI is InChI=1S/C16H18BrN3O2/c17-14-5-4-13(22-14)16(21)19-11-12-6-9-20(10-7-12)15-3-1-2-8-18-15/h1-5,8,12H,6-7,9-11H2,(H,19,21). The highest BCUT2D eigenvalue weighted by molar-refractivity contribution is 9.10. The molecule has 0 radical (unpaired) electrons. The summed E-state index contributed by atoms with van der Waals surface area (Å²) >= 11 is 3.20. The van der Waals surface area contributed by atoms with Crippen molar-refractivity contribution in [3.8, 4) is 0 Å². The second-order valence-electron chi connectivity index (χ2n) is 5.43. The summed E-state index contributed by atoms with van der Waals surface area (Å²) in [5.41, 5.74) is 0. The molecule has 5 nitrogen and oxygen atoms in total. The van der Waals surface area contributed by atoms with E-state index in [0.717, 1.165) is 31.7 Å². The number of hydrogen-bond acceptors (Lipinski definition) is 4. The van der Waals surface area contributed by atoms with Crippen molar-refractivity contribution in [2.75, 3.05) is 24.5 Å². The number of furan rings is 1. The van der Waals surface area contributed by atoms with Crippen LogP contribution in [0.1, 0.15) is 23.4 Å². The van der Waals surface area contributed by atoms with Crippen molar-refractivity contribution in [2.45, 2.75) is 12.8 Å². The molecule has 0 saturated carbocycles. The van der Waals surface area contributed by atoms with E-state index in [4.69, 9.17) is 4.42 Å². The molecule has 0 spiro atoms. The van der Waals surface area contributed by atoms with E-state index in [1.165, 1.54) is 0 Å². The molecule has 22 heavy (non-hydrogen) atoms. The Labute approximate surface area is 137 Å². The number of amides is 1. The van der Waals surface area contributed by atoms with Crippen molar-refractivity contribution in [2.24, 2.45) is 5.92 Å². The number of rotatable bonds is 4. The van der Waals surface area contributed by atoms with E-state index in [1.54, 1.807) is 12.1 Å². The van der Waals surface area contributed by atoms with Crippen LogP contribution in [0, 0.1) is 5.92 Å². The second kappa shape index (κ2) is 6.96. The first kappa shape index (κ1) is 15.1. The van der Waals surface area contributed by atoms with E-state index >= 15 is 0 Å². The van der Waals surface area contributed by atoms with Crippen LogP contribution in [0.2, 0.25) is 0 Å². The third kappa shape index (κ3) is 3.68. The number of pyridine rings is 1. The summed E-state index contributed by atoms with van der Waals surface area (Å²) < 4.78 is 5.82. The van der Waals surface area contributed by atoms with Crippen molar-refractivity contribution < 1.29 is 9.21 Å². The van der Waals surface area contributed by atoms with E-state index in [-0.39, 0.29) is 5.91 Å². The SMILES string of the molecule is O=C(NCC1CCN(c2ccccn2)CC1)c1ccc(Br)o1. The molecule has 6 heteroatoms. The number of aromatic nitrogens is 1. The first-order chi connectivity index (χ1) is 10.7. The van der Waals surface area contributed by atoms with Gasteiger partial charge in [-0.1, -0.05) is 6.07 Å². The molecule has 2 aromatic heterocycles. The quantitative estimate of drug-likeness (QED) is 0.906. The van der Waals surface area contributed by atoms with Crippen LogP contribution < -0.4 is 10.2 Å². The number of carbonyl (C=O) groups is 1. The van der Waals surface area contributed by atoms with E-state index in [9.17, 15) is 4.79 Å². The van der Waals surface area contributed by atoms with Crippen molar-refractivity contribution >= 4 is 27.7 Å². The van der Waals surface area contributed by atoms with Crippen LogP contribution in [0.4, 0.5) is 5.82 Å². The summed E-state index contributed by atoms with van der Waals surface area (Å²) in [4.78, 5) is 18.6. The van der Waals surface area contributed by atoms with E-state index in [1.807, 2.05) is 24.4 Å². The molecular weight excluding hydrogens is 346 g/mol. The normalized spacial score (nSPS) is 15.8. The average Bonchev–Trinajstić information content (AvgIpc) is 3.00. The minimum Gasteiger partial charge on any atom is -0.444 e. The van der Waals surface area contributed by atoms with Gasteiger partial charge in [0.05, 0.1) is 0 Å². The highest BCUT2D eigenvalue weighted by atomic mass is 79.9. The van der Waals surface area contributed by atoms with Gasteiger partial charge in [0.1, 0.15) is 5.82 Å². The molecule has 1 fully saturated rings. The summed E-state index contributed by atoms with van der Waals surface area (Å²) in [6.45, 7) is 2.64. The Bertz CT molecular complexity index is 621. The van der Waals surface area contributed by atoms with Gasteiger partial charge in [-0.15, -0.1) is 0 Å². The fraction of sp³-hybridized carbons (Fsp3) is 0.375. The first-order valence-electron chi connectivity index (χ1n) is 7.42. The van der Waals surface area contributed by atoms with E-state index in [2.05, 4.69) is 31.1 Å². The van der Waals surface area contributed by atoms with Crippen LogP contribution in [0.25, 0.3) is 0 Å². The van der Waals surface area contributed by atoms with Crippen molar-refractivity contribution in [3.05, 3.63) is 47.0 Å². The topological polar surface area (TPSA) is 58.4 Å². The number of halogens is 1. The van der Waals surface area contributed by atoms with Crippen molar-refractivity contribution in [1.82, 2.24) is 10.3 Å². The van der Waals surface area contributed by atoms with Crippen molar-refractivity contribution in [1.29, 1.82) is 0 Å². The van der Waals surface area contributed by atoms with Gasteiger partial charge in [0, 0.05) is 25.8 Å². The Morgan fingerprint density at radius 3 is 2.77 bits per heavy atom. The van der Waals surface area contributed by atoms with Gasteiger partial charge in [-0.05, 0) is 59.0 Å². The average molecular weight is 364 g/mol. The molecule has 0 atom stereocenters. The van der Waals surface area contributed by atoms with Gasteiger partial charge < -0.3 is 14.6 Å². The van der Waals surface area contributed by atoms with Gasteiger partial charge in [0.25, 0.3) is 5.91 Å². The Balaban J connectivity index is 1.45. The molecule has 0 unspecified atom stereocenters. The summed E-state index contributed by atoms with van der Waals surface area (Å²) in [6.07, 6.45) is 3.93. The Hall–Kier alpha value is -1.82. The van der Waals surface area contributed by atoms with Crippen LogP contribution >= 0.6 is 15.9 Å². The lowest BCUT2D eigenvalue weighted by atomic mass is 9.97. The molecule has 116 valence electrons. The van der Waals surface area contributed by atoms with Gasteiger partial charge in [-0.2, -0.15) is 0 Å². The molecule has 0 aromatic carbocycles. The summed E-state index contributed by atoms with van der Waals surface area (Å²) in [7, 11) is 0. The maximum absolute atomic E-state index is 11.9. The molecule has 1 aliphatic heterocycles. The van der Waals surface area contributed by atoms with E-state index in [0.29, 0.717) is 22.9 Å². The molecule has 2 aromatic rings. The zero-order chi connectivity index (χ0) is 15.4. The Morgan fingerprint density at radius 2 is 2.14 bits per heavy atom. The van der Waals surface area contributed by atoms with Gasteiger partial charge in [-0.3, -0.25) is 4.79 Å². The van der Waals surface area contributed by atoms with Crippen LogP contribution in [0.5, 0.6) is 0 Å². The maximum Gasteiger partial charge on any atom is 0.287 e. The molecule has 3 rings (SSSR count). The predicted molar refractivity (Wildman–Crippen MR) is 87.9 cm³/mol. The summed E-state index contributed by atoms with van der Waals surface area (Å²) in [5.74, 6) is 1.73. The smallest absolute Gasteiger partial charge is 0.287 e. The molecule has 0 bridgehead atoms. The number of anilines is 1. The summed E-state index contributed by atoms with van der Waals surface area (Å²) in [5, 5.41) is 2.95. The van der Waals surface area contributed by atoms with Crippen LogP contribution in [-0.4, -0.2) is 30.5 Å². The molecule has 1 aliphatic rings. The third-order valence-electron chi connectivity index (χ3n) is 3.94. The minimum atomic E-state index is -0.155. The highest BCUT2D eigenvalue weighted by Crippen LogP contribution is 2.21. The van der Waals surface area contributed by atoms with Crippen LogP contribution in [0.15, 0.2) is 45.6 Å². The van der Waals surface area contributed by atoms with Gasteiger partial charge in [0.2, 0.25) is 0 Å². The molecular formula is C16H18BrN3O2. The molecule has 3 heterocycles. The third-order valence-corrected chi connectivity index (χ3v) is 4.36. The molecule has 1 N–H and O–H groups in total. The minimum absolute atomic E-state index is 0.155. The van der Waals surface area contributed by atoms with Crippen molar-refractivity contribution in [3.63, 3.8) is 0 Å². The summed E-state index contributed by atoms with van der Waals surface area (Å²) in [6, 6.07) is 9.37. The first-order valence-corrected chi connectivity index (χ1v) is 8.21. The lowest BCUT2D eigenvalue weighted by Crippen LogP contribution is -2.38. The zero-order valence-corrected chi connectivity index (χ0v) is 13.8. The fourth-order valence-corrected chi connectivity index (χ4v) is 2.97. The monoisotopic (exact) mass is 363 g/mol.